The van der Waals surface area contributed by atoms with E-state index in [1.807, 2.05) is 18.2 Å². The van der Waals surface area contributed by atoms with Gasteiger partial charge in [0, 0.05) is 47.8 Å². The van der Waals surface area contributed by atoms with Crippen LogP contribution in [-0.2, 0) is 20.0 Å². The van der Waals surface area contributed by atoms with Gasteiger partial charge in [-0.15, -0.1) is 0 Å². The molecule has 0 aliphatic heterocycles. The normalized spacial score (nSPS) is 11.4. The van der Waals surface area contributed by atoms with E-state index in [1.54, 1.807) is 37.4 Å². The van der Waals surface area contributed by atoms with Crippen molar-refractivity contribution in [1.29, 1.82) is 0 Å². The van der Waals surface area contributed by atoms with Crippen molar-refractivity contribution in [2.45, 2.75) is 19.4 Å². The summed E-state index contributed by atoms with van der Waals surface area (Å²) in [6.07, 6.45) is 0.700. The van der Waals surface area contributed by atoms with E-state index in [9.17, 15) is 14.7 Å². The Hall–Kier alpha value is -2.80. The van der Waals surface area contributed by atoms with Gasteiger partial charge in [0.2, 0.25) is 5.71 Å². The van der Waals surface area contributed by atoms with Gasteiger partial charge in [0.15, 0.2) is 0 Å². The van der Waals surface area contributed by atoms with E-state index in [0.717, 1.165) is 10.1 Å². The maximum Gasteiger partial charge on any atom is 0.333 e. The molecule has 0 radical (unpaired) electrons. The van der Waals surface area contributed by atoms with Crippen LogP contribution in [0.25, 0.3) is 22.4 Å². The Morgan fingerprint density at radius 3 is 2.45 bits per heavy atom. The van der Waals surface area contributed by atoms with E-state index in [4.69, 9.17) is 27.6 Å². The number of fused-ring (bicyclic) bond motifs is 1. The van der Waals surface area contributed by atoms with Crippen LogP contribution in [-0.4, -0.2) is 20.8 Å². The highest BCUT2D eigenvalue weighted by Crippen LogP contribution is 2.34. The molecule has 0 saturated heterocycles. The fourth-order valence-corrected chi connectivity index (χ4v) is 3.98. The molecule has 160 valence electrons. The smallest absolute Gasteiger partial charge is 0.333 e. The van der Waals surface area contributed by atoms with Gasteiger partial charge in [-0.2, -0.15) is 0 Å². The van der Waals surface area contributed by atoms with Gasteiger partial charge in [-0.25, -0.2) is 4.79 Å². The molecule has 0 atom stereocenters. The molecule has 0 spiro atoms. The van der Waals surface area contributed by atoms with E-state index >= 15 is 0 Å². The standard InChI is InChI=1S/C23H20Cl2N2O4/c1-26-22-19(21(29)27(23(26)30)10-3-11-28)18(12-14-6-8-16(24)9-7-14)20(31-22)15-4-2-5-17(25)13-15/h2,4-9,13,28H,3,10-12H2,1H3. The molecule has 1 N–H and O–H groups in total. The zero-order valence-corrected chi connectivity index (χ0v) is 18.3. The summed E-state index contributed by atoms with van der Waals surface area (Å²) in [5, 5.41) is 10.7. The number of aliphatic hydroxyl groups excluding tert-OH is 1. The Bertz CT molecular complexity index is 1370. The van der Waals surface area contributed by atoms with Crippen molar-refractivity contribution in [3.63, 3.8) is 0 Å². The Morgan fingerprint density at radius 2 is 1.77 bits per heavy atom. The first-order valence-corrected chi connectivity index (χ1v) is 10.5. The molecule has 0 bridgehead atoms. The van der Waals surface area contributed by atoms with E-state index in [1.165, 1.54) is 4.57 Å². The Labute approximate surface area is 187 Å². The molecule has 0 aliphatic rings. The molecule has 2 aromatic carbocycles. The molecule has 8 heteroatoms. The molecule has 6 nitrogen and oxygen atoms in total. The molecule has 0 saturated carbocycles. The lowest BCUT2D eigenvalue weighted by molar-refractivity contribution is 0.277. The lowest BCUT2D eigenvalue weighted by Gasteiger charge is -2.08. The van der Waals surface area contributed by atoms with Crippen LogP contribution < -0.4 is 11.2 Å². The lowest BCUT2D eigenvalue weighted by Crippen LogP contribution is -2.39. The van der Waals surface area contributed by atoms with Crippen molar-refractivity contribution in [2.75, 3.05) is 6.61 Å². The van der Waals surface area contributed by atoms with Crippen molar-refractivity contribution >= 4 is 34.3 Å². The summed E-state index contributed by atoms with van der Waals surface area (Å²) in [4.78, 5) is 26.1. The van der Waals surface area contributed by atoms with Crippen LogP contribution in [0.4, 0.5) is 0 Å². The lowest BCUT2D eigenvalue weighted by atomic mass is 9.99. The quantitative estimate of drug-likeness (QED) is 0.468. The molecular formula is C23H20Cl2N2O4. The summed E-state index contributed by atoms with van der Waals surface area (Å²) >= 11 is 12.2. The fourth-order valence-electron chi connectivity index (χ4n) is 3.66. The Balaban J connectivity index is 2.03. The summed E-state index contributed by atoms with van der Waals surface area (Å²) in [5.41, 5.74) is 1.59. The number of rotatable bonds is 6. The van der Waals surface area contributed by atoms with Gasteiger partial charge < -0.3 is 9.52 Å². The minimum atomic E-state index is -0.490. The van der Waals surface area contributed by atoms with Gasteiger partial charge in [0.1, 0.15) is 11.1 Å². The molecule has 4 aromatic rings. The SMILES string of the molecule is Cn1c(=O)n(CCCO)c(=O)c2c(Cc3ccc(Cl)cc3)c(-c3cccc(Cl)c3)oc21. The first-order chi connectivity index (χ1) is 14.9. The predicted molar refractivity (Wildman–Crippen MR) is 122 cm³/mol. The minimum absolute atomic E-state index is 0.121. The molecule has 2 heterocycles. The number of halogens is 2. The number of nitrogens with zero attached hydrogens (tertiary/aromatic N) is 2. The predicted octanol–water partition coefficient (Wildman–Crippen LogP) is 4.24. The van der Waals surface area contributed by atoms with Gasteiger partial charge in [-0.1, -0.05) is 47.5 Å². The van der Waals surface area contributed by atoms with Gasteiger partial charge in [0.25, 0.3) is 5.56 Å². The van der Waals surface area contributed by atoms with Crippen molar-refractivity contribution in [2.24, 2.45) is 7.05 Å². The average molecular weight is 459 g/mol. The number of furan rings is 1. The van der Waals surface area contributed by atoms with E-state index in [0.29, 0.717) is 45.2 Å². The van der Waals surface area contributed by atoms with Crippen LogP contribution in [0, 0.1) is 0 Å². The van der Waals surface area contributed by atoms with Gasteiger partial charge >= 0.3 is 5.69 Å². The zero-order chi connectivity index (χ0) is 22.1. The van der Waals surface area contributed by atoms with Crippen LogP contribution in [0.1, 0.15) is 17.5 Å². The maximum absolute atomic E-state index is 13.3. The highest BCUT2D eigenvalue weighted by molar-refractivity contribution is 6.31. The number of aromatic nitrogens is 2. The first kappa shape index (κ1) is 21.4. The molecule has 0 amide bonds. The second-order valence-corrected chi connectivity index (χ2v) is 8.15. The highest BCUT2D eigenvalue weighted by atomic mass is 35.5. The zero-order valence-electron chi connectivity index (χ0n) is 16.8. The number of hydrogen-bond donors (Lipinski definition) is 1. The van der Waals surface area contributed by atoms with Gasteiger partial charge in [-0.05, 0) is 36.2 Å². The van der Waals surface area contributed by atoms with Crippen LogP contribution in [0.2, 0.25) is 10.0 Å². The van der Waals surface area contributed by atoms with Crippen LogP contribution in [0.3, 0.4) is 0 Å². The molecule has 0 fully saturated rings. The van der Waals surface area contributed by atoms with Crippen LogP contribution in [0.5, 0.6) is 0 Å². The Morgan fingerprint density at radius 1 is 1.03 bits per heavy atom. The minimum Gasteiger partial charge on any atom is -0.439 e. The van der Waals surface area contributed by atoms with Crippen molar-refractivity contribution in [1.82, 2.24) is 9.13 Å². The molecular weight excluding hydrogens is 439 g/mol. The maximum atomic E-state index is 13.3. The third-order valence-electron chi connectivity index (χ3n) is 5.19. The first-order valence-electron chi connectivity index (χ1n) is 9.77. The molecule has 2 aromatic heterocycles. The summed E-state index contributed by atoms with van der Waals surface area (Å²) < 4.78 is 8.57. The molecule has 4 rings (SSSR count). The second kappa shape index (κ2) is 8.75. The summed E-state index contributed by atoms with van der Waals surface area (Å²) in [5.74, 6) is 0.486. The van der Waals surface area contributed by atoms with Gasteiger partial charge in [0.05, 0.1) is 0 Å². The second-order valence-electron chi connectivity index (χ2n) is 7.28. The summed E-state index contributed by atoms with van der Waals surface area (Å²) in [6, 6.07) is 14.5. The van der Waals surface area contributed by atoms with Crippen LogP contribution in [0.15, 0.2) is 62.5 Å². The number of aryl methyl sites for hydroxylation is 1. The van der Waals surface area contributed by atoms with Crippen molar-refractivity contribution in [3.05, 3.63) is 90.5 Å². The molecule has 31 heavy (non-hydrogen) atoms. The third-order valence-corrected chi connectivity index (χ3v) is 5.68. The van der Waals surface area contributed by atoms with E-state index < -0.39 is 11.2 Å². The van der Waals surface area contributed by atoms with Crippen molar-refractivity contribution < 1.29 is 9.52 Å². The van der Waals surface area contributed by atoms with E-state index in [2.05, 4.69) is 0 Å². The van der Waals surface area contributed by atoms with Crippen LogP contribution >= 0.6 is 23.2 Å². The van der Waals surface area contributed by atoms with Gasteiger partial charge in [-0.3, -0.25) is 13.9 Å². The molecule has 0 aliphatic carbocycles. The summed E-state index contributed by atoms with van der Waals surface area (Å²) in [7, 11) is 1.57. The monoisotopic (exact) mass is 458 g/mol. The highest BCUT2D eigenvalue weighted by Gasteiger charge is 2.23. The topological polar surface area (TPSA) is 77.4 Å². The third kappa shape index (κ3) is 4.06. The molecule has 0 unspecified atom stereocenters. The van der Waals surface area contributed by atoms with E-state index in [-0.39, 0.29) is 18.9 Å². The number of aliphatic hydroxyl groups is 1. The fraction of sp³-hybridized carbons (Fsp3) is 0.217. The average Bonchev–Trinajstić information content (AvgIpc) is 3.13. The van der Waals surface area contributed by atoms with Crippen molar-refractivity contribution in [3.8, 4) is 11.3 Å². The Kier molecular flexibility index (Phi) is 6.05. The number of hydrogen-bond acceptors (Lipinski definition) is 4. The number of benzene rings is 2. The largest absolute Gasteiger partial charge is 0.439 e. The summed E-state index contributed by atoms with van der Waals surface area (Å²) in [6.45, 7) is 0.000421.